The predicted molar refractivity (Wildman–Crippen MR) is 120 cm³/mol. The zero-order valence-electron chi connectivity index (χ0n) is 19.0. The van der Waals surface area contributed by atoms with E-state index < -0.39 is 29.8 Å². The molecule has 1 saturated carbocycles. The summed E-state index contributed by atoms with van der Waals surface area (Å²) >= 11 is 0. The maximum absolute atomic E-state index is 14.2. The Kier molecular flexibility index (Phi) is 6.83. The van der Waals surface area contributed by atoms with Gasteiger partial charge in [-0.05, 0) is 30.5 Å². The van der Waals surface area contributed by atoms with Gasteiger partial charge >= 0.3 is 18.0 Å². The normalized spacial score (nSPS) is 19.2. The minimum atomic E-state index is -5.77. The molecule has 2 aromatic rings. The van der Waals surface area contributed by atoms with Crippen molar-refractivity contribution in [2.75, 3.05) is 7.11 Å². The van der Waals surface area contributed by atoms with Gasteiger partial charge in [-0.1, -0.05) is 61.7 Å². The van der Waals surface area contributed by atoms with Gasteiger partial charge in [0.15, 0.2) is 0 Å². The van der Waals surface area contributed by atoms with Crippen molar-refractivity contribution in [3.63, 3.8) is 0 Å². The SMILES string of the molecule is COc1ccc(CN2C(c3ccccc3)=NC(C(F)(F)F)(C(F)(F)F)N=C2C2CCCCC2)cc1. The Bertz CT molecular complexity index is 1060. The maximum Gasteiger partial charge on any atom is 0.443 e. The van der Waals surface area contributed by atoms with Crippen LogP contribution in [0.1, 0.15) is 43.2 Å². The molecule has 1 aliphatic heterocycles. The first kappa shape index (κ1) is 25.1. The summed E-state index contributed by atoms with van der Waals surface area (Å²) in [6.45, 7) is 0.0127. The topological polar surface area (TPSA) is 37.2 Å². The fourth-order valence-corrected chi connectivity index (χ4v) is 4.54. The highest BCUT2D eigenvalue weighted by Gasteiger charge is 2.74. The Labute approximate surface area is 199 Å². The highest BCUT2D eigenvalue weighted by atomic mass is 19.4. The van der Waals surface area contributed by atoms with Gasteiger partial charge in [0.05, 0.1) is 13.7 Å². The molecule has 0 radical (unpaired) electrons. The van der Waals surface area contributed by atoms with Crippen molar-refractivity contribution in [2.24, 2.45) is 15.9 Å². The number of hydrogen-bond donors (Lipinski definition) is 0. The number of amidine groups is 2. The molecular weight excluding hydrogens is 472 g/mol. The van der Waals surface area contributed by atoms with Crippen LogP contribution in [-0.4, -0.2) is 41.7 Å². The molecule has 0 amide bonds. The summed E-state index contributed by atoms with van der Waals surface area (Å²) < 4.78 is 90.3. The van der Waals surface area contributed by atoms with Crippen LogP contribution in [0.2, 0.25) is 0 Å². The van der Waals surface area contributed by atoms with Crippen LogP contribution >= 0.6 is 0 Å². The Morgan fingerprint density at radius 3 is 2.00 bits per heavy atom. The number of benzene rings is 2. The minimum Gasteiger partial charge on any atom is -0.497 e. The smallest absolute Gasteiger partial charge is 0.443 e. The van der Waals surface area contributed by atoms with Crippen LogP contribution in [0.4, 0.5) is 26.3 Å². The van der Waals surface area contributed by atoms with E-state index >= 15 is 0 Å². The van der Waals surface area contributed by atoms with Crippen molar-refractivity contribution in [1.29, 1.82) is 0 Å². The number of rotatable bonds is 5. The molecule has 2 aromatic carbocycles. The summed E-state index contributed by atoms with van der Waals surface area (Å²) in [4.78, 5) is 8.23. The molecule has 0 bridgehead atoms. The van der Waals surface area contributed by atoms with Gasteiger partial charge in [-0.3, -0.25) is 0 Å². The fourth-order valence-electron chi connectivity index (χ4n) is 4.54. The molecular formula is C25H25F6N3O. The average Bonchev–Trinajstić information content (AvgIpc) is 2.84. The molecule has 1 fully saturated rings. The van der Waals surface area contributed by atoms with Gasteiger partial charge < -0.3 is 9.64 Å². The van der Waals surface area contributed by atoms with E-state index in [1.54, 1.807) is 42.5 Å². The molecule has 0 atom stereocenters. The van der Waals surface area contributed by atoms with E-state index in [2.05, 4.69) is 9.98 Å². The van der Waals surface area contributed by atoms with Crippen molar-refractivity contribution in [3.05, 3.63) is 65.7 Å². The molecule has 188 valence electrons. The lowest BCUT2D eigenvalue weighted by Crippen LogP contribution is -2.60. The molecule has 0 unspecified atom stereocenters. The Balaban J connectivity index is 1.92. The molecule has 0 saturated heterocycles. The van der Waals surface area contributed by atoms with Gasteiger partial charge in [-0.25, -0.2) is 9.98 Å². The summed E-state index contributed by atoms with van der Waals surface area (Å²) in [6, 6.07) is 14.5. The van der Waals surface area contributed by atoms with E-state index in [-0.39, 0.29) is 17.9 Å². The van der Waals surface area contributed by atoms with Gasteiger partial charge in [0.2, 0.25) is 0 Å². The summed E-state index contributed by atoms with van der Waals surface area (Å²) in [5.74, 6) is -0.574. The Hall–Kier alpha value is -3.04. The molecule has 1 heterocycles. The van der Waals surface area contributed by atoms with Crippen molar-refractivity contribution < 1.29 is 31.1 Å². The van der Waals surface area contributed by atoms with E-state index in [1.807, 2.05) is 0 Å². The van der Waals surface area contributed by atoms with Crippen LogP contribution in [0.25, 0.3) is 0 Å². The summed E-state index contributed by atoms with van der Waals surface area (Å²) in [5, 5.41) is 0. The van der Waals surface area contributed by atoms with E-state index in [0.29, 0.717) is 37.0 Å². The van der Waals surface area contributed by atoms with E-state index in [9.17, 15) is 26.3 Å². The van der Waals surface area contributed by atoms with Gasteiger partial charge in [0, 0.05) is 11.5 Å². The highest BCUT2D eigenvalue weighted by molar-refractivity contribution is 6.11. The number of ether oxygens (including phenoxy) is 1. The lowest BCUT2D eigenvalue weighted by Gasteiger charge is -2.42. The van der Waals surface area contributed by atoms with Crippen molar-refractivity contribution >= 4 is 11.7 Å². The second-order valence-electron chi connectivity index (χ2n) is 8.71. The lowest BCUT2D eigenvalue weighted by molar-refractivity contribution is -0.293. The summed E-state index contributed by atoms with van der Waals surface area (Å²) in [7, 11) is 1.50. The molecule has 4 nitrogen and oxygen atoms in total. The van der Waals surface area contributed by atoms with Gasteiger partial charge in [-0.15, -0.1) is 0 Å². The third-order valence-corrected chi connectivity index (χ3v) is 6.37. The molecule has 35 heavy (non-hydrogen) atoms. The van der Waals surface area contributed by atoms with Crippen molar-refractivity contribution in [3.8, 4) is 5.75 Å². The molecule has 2 aliphatic rings. The van der Waals surface area contributed by atoms with Gasteiger partial charge in [0.1, 0.15) is 17.4 Å². The standard InChI is InChI=1S/C25H25F6N3O/c1-35-20-14-12-17(13-15-20)16-34-21(18-8-4-2-5-9-18)32-23(24(26,27)28,25(29,30)31)33-22(34)19-10-6-3-7-11-19/h2,4-5,8-9,12-15,19H,3,6-7,10-11,16H2,1H3. The predicted octanol–water partition coefficient (Wildman–Crippen LogP) is 6.76. The first-order valence-electron chi connectivity index (χ1n) is 11.3. The van der Waals surface area contributed by atoms with E-state index in [1.165, 1.54) is 24.1 Å². The summed E-state index contributed by atoms with van der Waals surface area (Å²) in [5.41, 5.74) is -3.74. The molecule has 0 N–H and O–H groups in total. The summed E-state index contributed by atoms with van der Waals surface area (Å²) in [6.07, 6.45) is -8.30. The van der Waals surface area contributed by atoms with Gasteiger partial charge in [0.25, 0.3) is 0 Å². The first-order chi connectivity index (χ1) is 16.6. The second-order valence-corrected chi connectivity index (χ2v) is 8.71. The zero-order valence-corrected chi connectivity index (χ0v) is 19.0. The highest BCUT2D eigenvalue weighted by Crippen LogP contribution is 2.50. The van der Waals surface area contributed by atoms with Gasteiger partial charge in [-0.2, -0.15) is 26.3 Å². The average molecular weight is 497 g/mol. The zero-order chi connectivity index (χ0) is 25.3. The molecule has 1 aliphatic carbocycles. The molecule has 10 heteroatoms. The number of aliphatic imine (C=N–C) groups is 2. The monoisotopic (exact) mass is 497 g/mol. The first-order valence-corrected chi connectivity index (χ1v) is 11.3. The van der Waals surface area contributed by atoms with Crippen LogP contribution in [0.5, 0.6) is 5.75 Å². The molecule has 0 spiro atoms. The number of nitrogens with zero attached hydrogens (tertiary/aromatic N) is 3. The van der Waals surface area contributed by atoms with Crippen LogP contribution < -0.4 is 4.74 Å². The fraction of sp³-hybridized carbons (Fsp3) is 0.440. The van der Waals surface area contributed by atoms with E-state index in [4.69, 9.17) is 4.74 Å². The lowest BCUT2D eigenvalue weighted by atomic mass is 9.86. The van der Waals surface area contributed by atoms with Crippen LogP contribution in [0.15, 0.2) is 64.6 Å². The third-order valence-electron chi connectivity index (χ3n) is 6.37. The third kappa shape index (κ3) is 4.88. The quantitative estimate of drug-likeness (QED) is 0.428. The maximum atomic E-state index is 14.2. The minimum absolute atomic E-state index is 0.0127. The number of methoxy groups -OCH3 is 1. The number of hydrogen-bond acceptors (Lipinski definition) is 4. The largest absolute Gasteiger partial charge is 0.497 e. The van der Waals surface area contributed by atoms with Crippen molar-refractivity contribution in [1.82, 2.24) is 4.90 Å². The van der Waals surface area contributed by atoms with Crippen LogP contribution in [0.3, 0.4) is 0 Å². The second kappa shape index (κ2) is 9.54. The molecule has 4 rings (SSSR count). The Morgan fingerprint density at radius 2 is 1.46 bits per heavy atom. The Morgan fingerprint density at radius 1 is 0.857 bits per heavy atom. The number of halogens is 6. The number of alkyl halides is 6. The molecule has 0 aromatic heterocycles. The van der Waals surface area contributed by atoms with Crippen LogP contribution in [-0.2, 0) is 6.54 Å². The van der Waals surface area contributed by atoms with Crippen molar-refractivity contribution in [2.45, 2.75) is 56.7 Å². The van der Waals surface area contributed by atoms with Crippen LogP contribution in [0, 0.1) is 5.92 Å². The van der Waals surface area contributed by atoms with E-state index in [0.717, 1.165) is 6.42 Å².